The number of aromatic nitrogens is 2. The van der Waals surface area contributed by atoms with Crippen molar-refractivity contribution >= 4 is 22.8 Å². The Bertz CT molecular complexity index is 1130. The third kappa shape index (κ3) is 4.10. The number of rotatable bonds is 7. The van der Waals surface area contributed by atoms with Crippen molar-refractivity contribution in [3.05, 3.63) is 66.0 Å². The zero-order valence-corrected chi connectivity index (χ0v) is 19.4. The molecule has 4 aliphatic carbocycles. The Kier molecular flexibility index (Phi) is 5.39. The minimum Gasteiger partial charge on any atom is -0.347 e. The molecule has 4 aliphatic rings. The van der Waals surface area contributed by atoms with Gasteiger partial charge in [-0.1, -0.05) is 42.5 Å². The summed E-state index contributed by atoms with van der Waals surface area (Å²) >= 11 is 0. The van der Waals surface area contributed by atoms with Crippen LogP contribution < -0.4 is 10.6 Å². The van der Waals surface area contributed by atoms with Crippen molar-refractivity contribution in [1.82, 2.24) is 20.6 Å². The normalized spacial score (nSPS) is 28.1. The van der Waals surface area contributed by atoms with Crippen LogP contribution in [0.5, 0.6) is 0 Å². The summed E-state index contributed by atoms with van der Waals surface area (Å²) in [6.45, 7) is 0.00605. The molecule has 2 amide bonds. The fourth-order valence-corrected chi connectivity index (χ4v) is 7.19. The predicted molar refractivity (Wildman–Crippen MR) is 131 cm³/mol. The third-order valence-corrected chi connectivity index (χ3v) is 8.29. The smallest absolute Gasteiger partial charge is 0.239 e. The van der Waals surface area contributed by atoms with Crippen LogP contribution in [0.1, 0.15) is 56.0 Å². The molecule has 1 heterocycles. The van der Waals surface area contributed by atoms with Crippen molar-refractivity contribution < 1.29 is 9.59 Å². The average Bonchev–Trinajstić information content (AvgIpc) is 3.26. The highest BCUT2D eigenvalue weighted by atomic mass is 16.2. The second-order valence-corrected chi connectivity index (χ2v) is 10.8. The maximum Gasteiger partial charge on any atom is 0.239 e. The zero-order chi connectivity index (χ0) is 23.1. The molecule has 4 saturated carbocycles. The van der Waals surface area contributed by atoms with Crippen LogP contribution in [0, 0.1) is 23.2 Å². The van der Waals surface area contributed by atoms with Crippen molar-refractivity contribution in [1.29, 1.82) is 0 Å². The molecular formula is C28H32N4O2. The van der Waals surface area contributed by atoms with Crippen LogP contribution in [0.15, 0.2) is 54.6 Å². The molecule has 1 atom stereocenters. The number of carbonyl (C=O) groups is 2. The fourth-order valence-electron chi connectivity index (χ4n) is 7.19. The minimum absolute atomic E-state index is 0.00605. The molecule has 1 aromatic heterocycles. The van der Waals surface area contributed by atoms with E-state index in [0.29, 0.717) is 24.2 Å². The van der Waals surface area contributed by atoms with Crippen molar-refractivity contribution in [2.45, 2.75) is 51.0 Å². The van der Waals surface area contributed by atoms with Gasteiger partial charge in [0, 0.05) is 5.41 Å². The van der Waals surface area contributed by atoms with Gasteiger partial charge in [-0.3, -0.25) is 9.59 Å². The summed E-state index contributed by atoms with van der Waals surface area (Å²) in [5.74, 6) is 2.74. The maximum atomic E-state index is 13.3. The van der Waals surface area contributed by atoms with Gasteiger partial charge in [0.1, 0.15) is 5.82 Å². The summed E-state index contributed by atoms with van der Waals surface area (Å²) in [5, 5.41) is 6.13. The van der Waals surface area contributed by atoms with Gasteiger partial charge in [-0.05, 0) is 80.4 Å². The van der Waals surface area contributed by atoms with E-state index in [1.807, 2.05) is 42.5 Å². The van der Waals surface area contributed by atoms with Crippen LogP contribution in [0.4, 0.5) is 0 Å². The molecule has 0 spiro atoms. The number of carbonyl (C=O) groups excluding carboxylic acids is 2. The van der Waals surface area contributed by atoms with Crippen molar-refractivity contribution in [2.24, 2.45) is 23.2 Å². The van der Waals surface area contributed by atoms with E-state index < -0.39 is 0 Å². The van der Waals surface area contributed by atoms with Crippen LogP contribution in [0.2, 0.25) is 0 Å². The van der Waals surface area contributed by atoms with Gasteiger partial charge in [-0.15, -0.1) is 0 Å². The number of fused-ring (bicyclic) bond motifs is 1. The van der Waals surface area contributed by atoms with E-state index in [2.05, 4.69) is 27.8 Å². The lowest BCUT2D eigenvalue weighted by Crippen LogP contribution is -2.54. The van der Waals surface area contributed by atoms with Gasteiger partial charge in [0.25, 0.3) is 0 Å². The summed E-state index contributed by atoms with van der Waals surface area (Å²) in [6, 6.07) is 17.6. The van der Waals surface area contributed by atoms with Crippen LogP contribution in [0.25, 0.3) is 11.0 Å². The first kappa shape index (κ1) is 21.4. The number of benzene rings is 2. The molecule has 0 aliphatic heterocycles. The highest BCUT2D eigenvalue weighted by Gasteiger charge is 2.54. The van der Waals surface area contributed by atoms with Gasteiger partial charge in [0.05, 0.1) is 23.6 Å². The molecule has 6 heteroatoms. The lowest BCUT2D eigenvalue weighted by atomic mass is 9.49. The number of nitrogens with zero attached hydrogens (tertiary/aromatic N) is 1. The Morgan fingerprint density at radius 2 is 1.59 bits per heavy atom. The fraction of sp³-hybridized carbons (Fsp3) is 0.464. The lowest BCUT2D eigenvalue weighted by Gasteiger charge is -2.55. The molecule has 1 unspecified atom stereocenters. The van der Waals surface area contributed by atoms with Gasteiger partial charge in [0.15, 0.2) is 0 Å². The van der Waals surface area contributed by atoms with E-state index >= 15 is 0 Å². The van der Waals surface area contributed by atoms with Gasteiger partial charge >= 0.3 is 0 Å². The molecule has 34 heavy (non-hydrogen) atoms. The largest absolute Gasteiger partial charge is 0.347 e. The maximum absolute atomic E-state index is 13.3. The monoisotopic (exact) mass is 456 g/mol. The Morgan fingerprint density at radius 1 is 0.941 bits per heavy atom. The summed E-state index contributed by atoms with van der Waals surface area (Å²) in [6.07, 6.45) is 7.52. The first-order chi connectivity index (χ1) is 16.6. The quantitative estimate of drug-likeness (QED) is 0.496. The number of aromatic amines is 1. The SMILES string of the molecule is O=C(CNC(=O)C12CC3CC(CC(C3)C1)C2)NC(Cc1ccccc1)c1nc2ccccc2[nH]1. The van der Waals surface area contributed by atoms with Crippen LogP contribution in [-0.2, 0) is 16.0 Å². The lowest BCUT2D eigenvalue weighted by molar-refractivity contribution is -0.147. The predicted octanol–water partition coefficient (Wildman–Crippen LogP) is 4.30. The van der Waals surface area contributed by atoms with Crippen LogP contribution in [0.3, 0.4) is 0 Å². The molecule has 4 fully saturated rings. The molecule has 6 nitrogen and oxygen atoms in total. The standard InChI is InChI=1S/C28H32N4O2/c33-25(17-29-27(34)28-14-19-10-20(15-28)12-21(11-19)16-28)30-24(13-18-6-2-1-3-7-18)26-31-22-8-4-5-9-23(22)32-26/h1-9,19-21,24H,10-17H2,(H,29,34)(H,30,33)(H,31,32). The summed E-state index contributed by atoms with van der Waals surface area (Å²) in [5.41, 5.74) is 2.70. The molecule has 3 N–H and O–H groups in total. The van der Waals surface area contributed by atoms with E-state index in [9.17, 15) is 9.59 Å². The highest BCUT2D eigenvalue weighted by molar-refractivity contribution is 5.88. The molecule has 4 bridgehead atoms. The summed E-state index contributed by atoms with van der Waals surface area (Å²) in [7, 11) is 0. The number of hydrogen-bond acceptors (Lipinski definition) is 3. The molecule has 176 valence electrons. The average molecular weight is 457 g/mol. The zero-order valence-electron chi connectivity index (χ0n) is 19.4. The minimum atomic E-state index is -0.307. The number of amides is 2. The second kappa shape index (κ2) is 8.57. The number of para-hydroxylation sites is 2. The molecule has 0 radical (unpaired) electrons. The van der Waals surface area contributed by atoms with Crippen molar-refractivity contribution in [3.8, 4) is 0 Å². The number of H-pyrrole nitrogens is 1. The van der Waals surface area contributed by atoms with Crippen molar-refractivity contribution in [2.75, 3.05) is 6.54 Å². The van der Waals surface area contributed by atoms with E-state index in [0.717, 1.165) is 41.7 Å². The second-order valence-electron chi connectivity index (χ2n) is 10.8. The molecular weight excluding hydrogens is 424 g/mol. The Labute approximate surface area is 199 Å². The van der Waals surface area contributed by atoms with Gasteiger partial charge in [-0.2, -0.15) is 0 Å². The Morgan fingerprint density at radius 3 is 2.26 bits per heavy atom. The van der Waals surface area contributed by atoms with E-state index in [1.54, 1.807) is 0 Å². The van der Waals surface area contributed by atoms with Crippen LogP contribution >= 0.6 is 0 Å². The highest BCUT2D eigenvalue weighted by Crippen LogP contribution is 2.60. The van der Waals surface area contributed by atoms with Crippen LogP contribution in [-0.4, -0.2) is 28.3 Å². The molecule has 2 aromatic carbocycles. The van der Waals surface area contributed by atoms with E-state index in [4.69, 9.17) is 4.98 Å². The molecule has 3 aromatic rings. The first-order valence-electron chi connectivity index (χ1n) is 12.6. The third-order valence-electron chi connectivity index (χ3n) is 8.29. The van der Waals surface area contributed by atoms with E-state index in [1.165, 1.54) is 19.3 Å². The summed E-state index contributed by atoms with van der Waals surface area (Å²) in [4.78, 5) is 34.3. The number of imidazole rings is 1. The van der Waals surface area contributed by atoms with Gasteiger partial charge in [0.2, 0.25) is 11.8 Å². The Balaban J connectivity index is 1.14. The van der Waals surface area contributed by atoms with E-state index in [-0.39, 0.29) is 29.8 Å². The van der Waals surface area contributed by atoms with Crippen molar-refractivity contribution in [3.63, 3.8) is 0 Å². The summed E-state index contributed by atoms with van der Waals surface area (Å²) < 4.78 is 0. The number of nitrogens with one attached hydrogen (secondary N) is 3. The van der Waals surface area contributed by atoms with Gasteiger partial charge in [-0.25, -0.2) is 4.98 Å². The first-order valence-corrected chi connectivity index (χ1v) is 12.6. The topological polar surface area (TPSA) is 86.9 Å². The number of hydrogen-bond donors (Lipinski definition) is 3. The molecule has 0 saturated heterocycles. The Hall–Kier alpha value is -3.15. The van der Waals surface area contributed by atoms with Gasteiger partial charge < -0.3 is 15.6 Å². The molecule has 7 rings (SSSR count).